The Balaban J connectivity index is 1.78. The number of H-pyrrole nitrogens is 1. The molecule has 0 radical (unpaired) electrons. The van der Waals surface area contributed by atoms with Crippen molar-refractivity contribution in [2.45, 2.75) is 39.7 Å². The van der Waals surface area contributed by atoms with Crippen LogP contribution in [0.25, 0.3) is 0 Å². The summed E-state index contributed by atoms with van der Waals surface area (Å²) in [5.41, 5.74) is 1.67. The lowest BCUT2D eigenvalue weighted by Crippen LogP contribution is -2.29. The number of nitrogens with zero attached hydrogens (tertiary/aromatic N) is 1. The number of hydrogen-bond donors (Lipinski definition) is 1. The van der Waals surface area contributed by atoms with E-state index in [-0.39, 0.29) is 47.2 Å². The molecule has 0 saturated carbocycles. The van der Waals surface area contributed by atoms with Crippen LogP contribution in [-0.4, -0.2) is 47.7 Å². The first-order valence-corrected chi connectivity index (χ1v) is 9.64. The molecule has 1 unspecified atom stereocenters. The highest BCUT2D eigenvalue weighted by molar-refractivity contribution is 6.20. The lowest BCUT2D eigenvalue weighted by Gasteiger charge is -2.16. The number of Topliss-reactive ketones (excluding diaryl/α,β-unsaturated/α-hetero) is 1. The highest BCUT2D eigenvalue weighted by Gasteiger charge is 2.31. The van der Waals surface area contributed by atoms with E-state index in [4.69, 9.17) is 9.47 Å². The Morgan fingerprint density at radius 1 is 1.06 bits per heavy atom. The van der Waals surface area contributed by atoms with Gasteiger partial charge in [0.2, 0.25) is 17.6 Å². The molecule has 2 amide bonds. The van der Waals surface area contributed by atoms with Crippen LogP contribution in [-0.2, 0) is 19.1 Å². The van der Waals surface area contributed by atoms with Crippen LogP contribution < -0.4 is 4.90 Å². The molecule has 1 aromatic carbocycles. The summed E-state index contributed by atoms with van der Waals surface area (Å²) in [5, 5.41) is 0. The molecular weight excluding hydrogens is 404 g/mol. The van der Waals surface area contributed by atoms with Crippen LogP contribution in [0.4, 0.5) is 5.69 Å². The number of ether oxygens (including phenoxy) is 2. The van der Waals surface area contributed by atoms with E-state index < -0.39 is 23.8 Å². The molecule has 9 nitrogen and oxygen atoms in total. The van der Waals surface area contributed by atoms with Gasteiger partial charge >= 0.3 is 11.9 Å². The van der Waals surface area contributed by atoms with E-state index >= 15 is 0 Å². The SMILES string of the molecule is COC(=O)c1c(C)[nH]c(C(=O)C(C)OC(=O)c2cccc(N3C(=O)CCC3=O)c2)c1C. The first-order valence-electron chi connectivity index (χ1n) is 9.64. The van der Waals surface area contributed by atoms with Crippen LogP contribution in [0.15, 0.2) is 24.3 Å². The lowest BCUT2D eigenvalue weighted by molar-refractivity contribution is -0.121. The molecule has 1 fully saturated rings. The second kappa shape index (κ2) is 8.55. The number of hydrogen-bond acceptors (Lipinski definition) is 7. The summed E-state index contributed by atoms with van der Waals surface area (Å²) < 4.78 is 10.0. The van der Waals surface area contributed by atoms with Crippen molar-refractivity contribution in [1.82, 2.24) is 4.98 Å². The van der Waals surface area contributed by atoms with Crippen molar-refractivity contribution in [3.05, 3.63) is 52.3 Å². The summed E-state index contributed by atoms with van der Waals surface area (Å²) in [6.07, 6.45) is -0.892. The Hall–Kier alpha value is -3.75. The highest BCUT2D eigenvalue weighted by Crippen LogP contribution is 2.24. The molecule has 1 aliphatic heterocycles. The minimum absolute atomic E-state index is 0.0966. The second-order valence-corrected chi connectivity index (χ2v) is 7.20. The third-order valence-electron chi connectivity index (χ3n) is 5.12. The van der Waals surface area contributed by atoms with Crippen LogP contribution in [0.3, 0.4) is 0 Å². The molecule has 0 spiro atoms. The Morgan fingerprint density at radius 3 is 2.32 bits per heavy atom. The van der Waals surface area contributed by atoms with Gasteiger partial charge in [-0.2, -0.15) is 0 Å². The number of aryl methyl sites for hydroxylation is 1. The summed E-state index contributed by atoms with van der Waals surface area (Å²) in [4.78, 5) is 65.1. The number of amides is 2. The predicted molar refractivity (Wildman–Crippen MR) is 109 cm³/mol. The molecule has 9 heteroatoms. The normalized spacial score (nSPS) is 14.5. The molecule has 1 aromatic heterocycles. The predicted octanol–water partition coefficient (Wildman–Crippen LogP) is 2.50. The van der Waals surface area contributed by atoms with Gasteiger partial charge in [0.15, 0.2) is 6.10 Å². The summed E-state index contributed by atoms with van der Waals surface area (Å²) in [6, 6.07) is 5.91. The molecule has 31 heavy (non-hydrogen) atoms. The van der Waals surface area contributed by atoms with Crippen molar-refractivity contribution < 1.29 is 33.4 Å². The van der Waals surface area contributed by atoms with E-state index in [0.29, 0.717) is 11.3 Å². The van der Waals surface area contributed by atoms with Crippen LogP contribution in [0.1, 0.15) is 62.2 Å². The van der Waals surface area contributed by atoms with Gasteiger partial charge in [0.1, 0.15) is 0 Å². The average Bonchev–Trinajstić information content (AvgIpc) is 3.24. The van der Waals surface area contributed by atoms with Gasteiger partial charge in [-0.1, -0.05) is 6.07 Å². The van der Waals surface area contributed by atoms with E-state index in [2.05, 4.69) is 4.98 Å². The average molecular weight is 426 g/mol. The van der Waals surface area contributed by atoms with Gasteiger partial charge in [-0.05, 0) is 44.5 Å². The number of aromatic nitrogens is 1. The van der Waals surface area contributed by atoms with Crippen molar-refractivity contribution in [3.8, 4) is 0 Å². The molecule has 1 atom stereocenters. The molecule has 1 saturated heterocycles. The van der Waals surface area contributed by atoms with Crippen LogP contribution >= 0.6 is 0 Å². The third-order valence-corrected chi connectivity index (χ3v) is 5.12. The standard InChI is InChI=1S/C22H22N2O7/c1-11-18(22(29)30-4)12(2)23-19(11)20(27)13(3)31-21(28)14-6-5-7-15(10-14)24-16(25)8-9-17(24)26/h5-7,10,13,23H,8-9H2,1-4H3. The van der Waals surface area contributed by atoms with Gasteiger partial charge in [-0.3, -0.25) is 19.3 Å². The zero-order valence-electron chi connectivity index (χ0n) is 17.6. The van der Waals surface area contributed by atoms with E-state index in [1.807, 2.05) is 0 Å². The number of imide groups is 1. The third kappa shape index (κ3) is 4.11. The van der Waals surface area contributed by atoms with E-state index in [9.17, 15) is 24.0 Å². The van der Waals surface area contributed by atoms with Crippen LogP contribution in [0.2, 0.25) is 0 Å². The molecule has 162 valence electrons. The van der Waals surface area contributed by atoms with Crippen molar-refractivity contribution in [2.75, 3.05) is 12.0 Å². The maximum Gasteiger partial charge on any atom is 0.339 e. The number of anilines is 1. The van der Waals surface area contributed by atoms with Crippen molar-refractivity contribution >= 4 is 35.2 Å². The maximum absolute atomic E-state index is 12.8. The second-order valence-electron chi connectivity index (χ2n) is 7.20. The number of esters is 2. The fourth-order valence-electron chi connectivity index (χ4n) is 3.53. The maximum atomic E-state index is 12.8. The number of carbonyl (C=O) groups is 5. The Bertz CT molecular complexity index is 1080. The molecule has 0 bridgehead atoms. The molecule has 1 N–H and O–H groups in total. The number of benzene rings is 1. The fourth-order valence-corrected chi connectivity index (χ4v) is 3.53. The zero-order valence-corrected chi connectivity index (χ0v) is 17.6. The van der Waals surface area contributed by atoms with Crippen molar-refractivity contribution in [1.29, 1.82) is 0 Å². The highest BCUT2D eigenvalue weighted by atomic mass is 16.5. The van der Waals surface area contributed by atoms with Crippen molar-refractivity contribution in [3.63, 3.8) is 0 Å². The number of methoxy groups -OCH3 is 1. The van der Waals surface area contributed by atoms with Crippen molar-refractivity contribution in [2.24, 2.45) is 0 Å². The molecule has 3 rings (SSSR count). The number of carbonyl (C=O) groups excluding carboxylic acids is 5. The molecule has 1 aliphatic rings. The van der Waals surface area contributed by atoms with E-state index in [1.54, 1.807) is 19.9 Å². The lowest BCUT2D eigenvalue weighted by atomic mass is 10.1. The Kier molecular flexibility index (Phi) is 6.05. The topological polar surface area (TPSA) is 123 Å². The molecule has 0 aliphatic carbocycles. The first-order chi connectivity index (χ1) is 14.6. The summed E-state index contributed by atoms with van der Waals surface area (Å²) in [6.45, 7) is 4.66. The summed E-state index contributed by atoms with van der Waals surface area (Å²) >= 11 is 0. The minimum atomic E-state index is -1.14. The van der Waals surface area contributed by atoms with Crippen LogP contribution in [0, 0.1) is 13.8 Å². The smallest absolute Gasteiger partial charge is 0.339 e. The Labute approximate surface area is 178 Å². The first kappa shape index (κ1) is 21.9. The number of rotatable bonds is 6. The van der Waals surface area contributed by atoms with Crippen LogP contribution in [0.5, 0.6) is 0 Å². The zero-order chi connectivity index (χ0) is 22.9. The van der Waals surface area contributed by atoms with Gasteiger partial charge in [-0.15, -0.1) is 0 Å². The Morgan fingerprint density at radius 2 is 1.71 bits per heavy atom. The summed E-state index contributed by atoms with van der Waals surface area (Å²) in [7, 11) is 1.25. The van der Waals surface area contributed by atoms with Gasteiger partial charge in [0.05, 0.1) is 29.6 Å². The molecule has 2 aromatic rings. The van der Waals surface area contributed by atoms with E-state index in [0.717, 1.165) is 4.90 Å². The minimum Gasteiger partial charge on any atom is -0.465 e. The summed E-state index contributed by atoms with van der Waals surface area (Å²) in [5.74, 6) is -2.53. The van der Waals surface area contributed by atoms with E-state index in [1.165, 1.54) is 32.2 Å². The molecule has 2 heterocycles. The largest absolute Gasteiger partial charge is 0.465 e. The van der Waals surface area contributed by atoms with Gasteiger partial charge in [0.25, 0.3) is 0 Å². The van der Waals surface area contributed by atoms with Gasteiger partial charge < -0.3 is 14.5 Å². The monoisotopic (exact) mass is 426 g/mol. The number of aromatic amines is 1. The number of nitrogens with one attached hydrogen (secondary N) is 1. The van der Waals surface area contributed by atoms with Gasteiger partial charge in [-0.25, -0.2) is 9.59 Å². The number of ketones is 1. The fraction of sp³-hybridized carbons (Fsp3) is 0.318. The van der Waals surface area contributed by atoms with Gasteiger partial charge in [0, 0.05) is 18.5 Å². The quantitative estimate of drug-likeness (QED) is 0.428. The molecular formula is C22H22N2O7.